The van der Waals surface area contributed by atoms with Gasteiger partial charge in [0.05, 0.1) is 11.5 Å². The van der Waals surface area contributed by atoms with Crippen molar-refractivity contribution in [1.29, 1.82) is 0 Å². The lowest BCUT2D eigenvalue weighted by Gasteiger charge is -2.16. The molecule has 1 saturated heterocycles. The molecule has 31 heavy (non-hydrogen) atoms. The number of ether oxygens (including phenoxy) is 1. The van der Waals surface area contributed by atoms with Crippen LogP contribution >= 0.6 is 0 Å². The highest BCUT2D eigenvalue weighted by Crippen LogP contribution is 2.23. The zero-order valence-corrected chi connectivity index (χ0v) is 18.5. The van der Waals surface area contributed by atoms with E-state index in [4.69, 9.17) is 4.74 Å². The Balaban J connectivity index is 1.54. The minimum atomic E-state index is -3.55. The van der Waals surface area contributed by atoms with E-state index < -0.39 is 10.0 Å². The molecule has 0 unspecified atom stereocenters. The normalized spacial score (nSPS) is 14.4. The van der Waals surface area contributed by atoms with Crippen LogP contribution in [0.25, 0.3) is 0 Å². The van der Waals surface area contributed by atoms with Crippen LogP contribution in [-0.4, -0.2) is 44.1 Å². The molecule has 1 heterocycles. The molecule has 2 aromatic carbocycles. The second-order valence-electron chi connectivity index (χ2n) is 7.48. The maximum absolute atomic E-state index is 12.7. The molecule has 2 aromatic rings. The number of hydrogen-bond acceptors (Lipinski definition) is 5. The van der Waals surface area contributed by atoms with Crippen molar-refractivity contribution in [3.63, 3.8) is 0 Å². The van der Waals surface area contributed by atoms with E-state index in [0.717, 1.165) is 19.3 Å². The Hall–Kier alpha value is -2.71. The summed E-state index contributed by atoms with van der Waals surface area (Å²) < 4.78 is 32.3. The first-order chi connectivity index (χ1) is 14.9. The van der Waals surface area contributed by atoms with Crippen LogP contribution in [0.3, 0.4) is 0 Å². The van der Waals surface area contributed by atoms with Crippen molar-refractivity contribution >= 4 is 27.4 Å². The van der Waals surface area contributed by atoms with Gasteiger partial charge in [-0.3, -0.25) is 9.59 Å². The summed E-state index contributed by atoms with van der Waals surface area (Å²) in [7, 11) is -3.55. The lowest BCUT2D eigenvalue weighted by molar-refractivity contribution is -0.116. The van der Waals surface area contributed by atoms with Crippen molar-refractivity contribution in [3.05, 3.63) is 54.1 Å². The molecular formula is C23H28N2O5S. The number of carbonyl (C=O) groups excluding carboxylic acids is 2. The molecule has 1 N–H and O–H groups in total. The summed E-state index contributed by atoms with van der Waals surface area (Å²) >= 11 is 0. The zero-order valence-electron chi connectivity index (χ0n) is 17.7. The molecule has 0 atom stereocenters. The second kappa shape index (κ2) is 10.5. The Morgan fingerprint density at radius 1 is 1.03 bits per heavy atom. The number of hydrogen-bond donors (Lipinski definition) is 1. The summed E-state index contributed by atoms with van der Waals surface area (Å²) in [6.45, 7) is 3.68. The van der Waals surface area contributed by atoms with E-state index in [-0.39, 0.29) is 29.4 Å². The molecule has 1 aliphatic heterocycles. The van der Waals surface area contributed by atoms with Crippen molar-refractivity contribution in [2.75, 3.05) is 25.0 Å². The monoisotopic (exact) mass is 444 g/mol. The largest absolute Gasteiger partial charge is 0.494 e. The maximum Gasteiger partial charge on any atom is 0.243 e. The van der Waals surface area contributed by atoms with Crippen LogP contribution in [0.2, 0.25) is 0 Å². The minimum absolute atomic E-state index is 0.00994. The van der Waals surface area contributed by atoms with Crippen LogP contribution in [0.5, 0.6) is 5.75 Å². The number of anilines is 1. The summed E-state index contributed by atoms with van der Waals surface area (Å²) in [6.07, 6.45) is 2.70. The minimum Gasteiger partial charge on any atom is -0.494 e. The van der Waals surface area contributed by atoms with E-state index in [2.05, 4.69) is 5.32 Å². The number of nitrogens with zero attached hydrogens (tertiary/aromatic N) is 1. The highest BCUT2D eigenvalue weighted by atomic mass is 32.2. The van der Waals surface area contributed by atoms with Crippen molar-refractivity contribution in [2.45, 2.75) is 43.9 Å². The van der Waals surface area contributed by atoms with E-state index >= 15 is 0 Å². The van der Waals surface area contributed by atoms with E-state index in [1.54, 1.807) is 36.4 Å². The molecule has 0 spiro atoms. The molecule has 1 fully saturated rings. The molecule has 0 aromatic heterocycles. The summed E-state index contributed by atoms with van der Waals surface area (Å²) in [5.41, 5.74) is 0.922. The first-order valence-corrected chi connectivity index (χ1v) is 12.0. The molecular weight excluding hydrogens is 416 g/mol. The Bertz CT molecular complexity index is 1010. The quantitative estimate of drug-likeness (QED) is 0.562. The Labute approximate surface area is 183 Å². The van der Waals surface area contributed by atoms with Gasteiger partial charge in [-0.05, 0) is 61.7 Å². The van der Waals surface area contributed by atoms with Crippen molar-refractivity contribution < 1.29 is 22.7 Å². The molecule has 0 aliphatic carbocycles. The van der Waals surface area contributed by atoms with Gasteiger partial charge in [0.25, 0.3) is 0 Å². The number of nitrogens with one attached hydrogen (secondary N) is 1. The smallest absolute Gasteiger partial charge is 0.243 e. The van der Waals surface area contributed by atoms with Crippen LogP contribution in [0.15, 0.2) is 53.4 Å². The summed E-state index contributed by atoms with van der Waals surface area (Å²) in [5, 5.41) is 2.69. The third-order valence-corrected chi connectivity index (χ3v) is 6.94. The van der Waals surface area contributed by atoms with Crippen LogP contribution in [0.1, 0.15) is 49.4 Å². The molecule has 0 bridgehead atoms. The number of Topliss-reactive ketones (excluding diaryl/α,β-unsaturated/α-hetero) is 1. The van der Waals surface area contributed by atoms with Gasteiger partial charge in [0.1, 0.15) is 5.75 Å². The van der Waals surface area contributed by atoms with Crippen LogP contribution in [-0.2, 0) is 14.8 Å². The lowest BCUT2D eigenvalue weighted by Crippen LogP contribution is -2.27. The molecule has 7 nitrogen and oxygen atoms in total. The van der Waals surface area contributed by atoms with E-state index in [1.807, 2.05) is 6.92 Å². The zero-order chi connectivity index (χ0) is 22.3. The third-order valence-electron chi connectivity index (χ3n) is 5.05. The topological polar surface area (TPSA) is 92.8 Å². The van der Waals surface area contributed by atoms with Gasteiger partial charge in [-0.1, -0.05) is 13.0 Å². The summed E-state index contributed by atoms with van der Waals surface area (Å²) in [4.78, 5) is 24.8. The highest BCUT2D eigenvalue weighted by Gasteiger charge is 2.27. The first-order valence-electron chi connectivity index (χ1n) is 10.6. The van der Waals surface area contributed by atoms with Crippen LogP contribution < -0.4 is 10.1 Å². The lowest BCUT2D eigenvalue weighted by atomic mass is 10.1. The van der Waals surface area contributed by atoms with Crippen LogP contribution in [0, 0.1) is 0 Å². The average molecular weight is 445 g/mol. The number of sulfonamides is 1. The van der Waals surface area contributed by atoms with Gasteiger partial charge in [0.15, 0.2) is 5.78 Å². The van der Waals surface area contributed by atoms with E-state index in [1.165, 1.54) is 16.4 Å². The van der Waals surface area contributed by atoms with Crippen LogP contribution in [0.4, 0.5) is 5.69 Å². The molecule has 166 valence electrons. The molecule has 1 aliphatic rings. The highest BCUT2D eigenvalue weighted by molar-refractivity contribution is 7.89. The van der Waals surface area contributed by atoms with E-state index in [9.17, 15) is 18.0 Å². The molecule has 8 heteroatoms. The van der Waals surface area contributed by atoms with Gasteiger partial charge in [-0.2, -0.15) is 4.31 Å². The number of carbonyl (C=O) groups is 2. The van der Waals surface area contributed by atoms with Crippen molar-refractivity contribution in [2.24, 2.45) is 0 Å². The standard InChI is InChI=1S/C23H28N2O5S/c1-2-16-30-20-10-8-18(9-11-20)22(26)12-13-23(27)24-19-6-5-7-21(17-19)31(28,29)25-14-3-4-15-25/h5-11,17H,2-4,12-16H2,1H3,(H,24,27). The summed E-state index contributed by atoms with van der Waals surface area (Å²) in [5.74, 6) is 0.231. The fourth-order valence-electron chi connectivity index (χ4n) is 3.36. The molecule has 0 radical (unpaired) electrons. The van der Waals surface area contributed by atoms with Gasteiger partial charge < -0.3 is 10.1 Å². The Morgan fingerprint density at radius 3 is 2.42 bits per heavy atom. The Kier molecular flexibility index (Phi) is 7.81. The predicted molar refractivity (Wildman–Crippen MR) is 119 cm³/mol. The van der Waals surface area contributed by atoms with E-state index in [0.29, 0.717) is 36.7 Å². The molecule has 3 rings (SSSR count). The van der Waals surface area contributed by atoms with Gasteiger partial charge in [-0.15, -0.1) is 0 Å². The Morgan fingerprint density at radius 2 is 1.74 bits per heavy atom. The maximum atomic E-state index is 12.7. The SMILES string of the molecule is CCCOc1ccc(C(=O)CCC(=O)Nc2cccc(S(=O)(=O)N3CCCC3)c2)cc1. The fraction of sp³-hybridized carbons (Fsp3) is 0.391. The number of benzene rings is 2. The molecule has 1 amide bonds. The van der Waals surface area contributed by atoms with Crippen molar-refractivity contribution in [3.8, 4) is 5.75 Å². The second-order valence-corrected chi connectivity index (χ2v) is 9.42. The van der Waals surface area contributed by atoms with Gasteiger partial charge in [0, 0.05) is 37.2 Å². The number of amides is 1. The van der Waals surface area contributed by atoms with Gasteiger partial charge in [-0.25, -0.2) is 8.42 Å². The average Bonchev–Trinajstić information content (AvgIpc) is 3.32. The van der Waals surface area contributed by atoms with Gasteiger partial charge in [0.2, 0.25) is 15.9 Å². The molecule has 0 saturated carbocycles. The number of rotatable bonds is 10. The third kappa shape index (κ3) is 6.15. The predicted octanol–water partition coefficient (Wildman–Crippen LogP) is 3.86. The first kappa shape index (κ1) is 23.0. The fourth-order valence-corrected chi connectivity index (χ4v) is 4.93. The van der Waals surface area contributed by atoms with Crippen molar-refractivity contribution in [1.82, 2.24) is 4.31 Å². The van der Waals surface area contributed by atoms with Gasteiger partial charge >= 0.3 is 0 Å². The summed E-state index contributed by atoms with van der Waals surface area (Å²) in [6, 6.07) is 13.1. The number of ketones is 1.